The highest BCUT2D eigenvalue weighted by molar-refractivity contribution is 5.87. The van der Waals surface area contributed by atoms with Gasteiger partial charge in [0.05, 0.1) is 11.5 Å². The minimum absolute atomic E-state index is 0.0523. The maximum atomic E-state index is 13.7. The molecule has 188 valence electrons. The number of carbonyl (C=O) groups excluding carboxylic acids is 1. The number of fused-ring (bicyclic) bond motifs is 2. The van der Waals surface area contributed by atoms with Gasteiger partial charge >= 0.3 is 0 Å². The van der Waals surface area contributed by atoms with Gasteiger partial charge in [-0.15, -0.1) is 0 Å². The normalized spacial score (nSPS) is 20.1. The number of aliphatic hydroxyl groups excluding tert-OH is 1. The molecule has 0 spiro atoms. The van der Waals surface area contributed by atoms with E-state index in [2.05, 4.69) is 40.5 Å². The van der Waals surface area contributed by atoms with Crippen LogP contribution in [0.25, 0.3) is 10.8 Å². The Bertz CT molecular complexity index is 1250. The molecule has 3 aromatic carbocycles. The van der Waals surface area contributed by atoms with Gasteiger partial charge in [0.25, 0.3) is 0 Å². The molecule has 2 fully saturated rings. The summed E-state index contributed by atoms with van der Waals surface area (Å²) >= 11 is 0. The van der Waals surface area contributed by atoms with Crippen LogP contribution in [-0.4, -0.2) is 54.8 Å². The van der Waals surface area contributed by atoms with Crippen molar-refractivity contribution in [2.24, 2.45) is 5.41 Å². The van der Waals surface area contributed by atoms with Crippen LogP contribution >= 0.6 is 0 Å². The van der Waals surface area contributed by atoms with Crippen molar-refractivity contribution in [2.45, 2.75) is 44.2 Å². The molecular formula is C30H34N2O4. The number of carbonyl (C=O) groups is 1. The van der Waals surface area contributed by atoms with Gasteiger partial charge in [-0.25, -0.2) is 0 Å². The first-order valence-corrected chi connectivity index (χ1v) is 13.2. The summed E-state index contributed by atoms with van der Waals surface area (Å²) in [7, 11) is 0. The second kappa shape index (κ2) is 9.75. The van der Waals surface area contributed by atoms with Crippen LogP contribution in [0.15, 0.2) is 60.7 Å². The summed E-state index contributed by atoms with van der Waals surface area (Å²) in [6, 6.07) is 20.0. The zero-order chi connectivity index (χ0) is 24.5. The van der Waals surface area contributed by atoms with Gasteiger partial charge in [-0.2, -0.15) is 0 Å². The van der Waals surface area contributed by atoms with Crippen LogP contribution in [0.3, 0.4) is 0 Å². The third kappa shape index (κ3) is 4.80. The number of benzene rings is 3. The number of amides is 1. The van der Waals surface area contributed by atoms with Gasteiger partial charge in [-0.3, -0.25) is 4.79 Å². The summed E-state index contributed by atoms with van der Waals surface area (Å²) in [5, 5.41) is 17.1. The summed E-state index contributed by atoms with van der Waals surface area (Å²) < 4.78 is 11.4. The van der Waals surface area contributed by atoms with Gasteiger partial charge in [-0.05, 0) is 79.2 Å². The van der Waals surface area contributed by atoms with E-state index in [0.717, 1.165) is 50.8 Å². The molecule has 2 atom stereocenters. The van der Waals surface area contributed by atoms with Crippen molar-refractivity contribution in [3.8, 4) is 11.5 Å². The second-order valence-electron chi connectivity index (χ2n) is 10.6. The lowest BCUT2D eigenvalue weighted by atomic mass is 9.93. The van der Waals surface area contributed by atoms with E-state index < -0.39 is 17.6 Å². The second-order valence-corrected chi connectivity index (χ2v) is 10.6. The highest BCUT2D eigenvalue weighted by Crippen LogP contribution is 2.49. The number of ether oxygens (including phenoxy) is 2. The molecule has 0 radical (unpaired) electrons. The fraction of sp³-hybridized carbons (Fsp3) is 0.433. The summed E-state index contributed by atoms with van der Waals surface area (Å²) in [6.07, 6.45) is 3.96. The lowest BCUT2D eigenvalue weighted by molar-refractivity contribution is -0.128. The molecule has 2 N–H and O–H groups in total. The molecule has 6 heteroatoms. The predicted octanol–water partition coefficient (Wildman–Crippen LogP) is 4.25. The fourth-order valence-electron chi connectivity index (χ4n) is 5.64. The number of hydrogen-bond acceptors (Lipinski definition) is 5. The van der Waals surface area contributed by atoms with E-state index >= 15 is 0 Å². The molecule has 6 nitrogen and oxygen atoms in total. The van der Waals surface area contributed by atoms with Crippen molar-refractivity contribution >= 4 is 16.7 Å². The van der Waals surface area contributed by atoms with Crippen LogP contribution in [0.5, 0.6) is 11.5 Å². The highest BCUT2D eigenvalue weighted by Gasteiger charge is 2.50. The summed E-state index contributed by atoms with van der Waals surface area (Å²) in [4.78, 5) is 16.0. The fourth-order valence-corrected chi connectivity index (χ4v) is 5.64. The average molecular weight is 487 g/mol. The van der Waals surface area contributed by atoms with Crippen molar-refractivity contribution in [2.75, 3.05) is 32.8 Å². The highest BCUT2D eigenvalue weighted by atomic mass is 16.6. The van der Waals surface area contributed by atoms with Crippen molar-refractivity contribution < 1.29 is 19.4 Å². The number of nitrogens with zero attached hydrogens (tertiary/aromatic N) is 1. The Balaban J connectivity index is 1.20. The first kappa shape index (κ1) is 23.3. The third-order valence-corrected chi connectivity index (χ3v) is 7.95. The van der Waals surface area contributed by atoms with E-state index in [1.54, 1.807) is 0 Å². The Labute approximate surface area is 212 Å². The van der Waals surface area contributed by atoms with Crippen molar-refractivity contribution in [3.05, 3.63) is 71.8 Å². The van der Waals surface area contributed by atoms with E-state index in [0.29, 0.717) is 31.3 Å². The van der Waals surface area contributed by atoms with Gasteiger partial charge in [-0.1, -0.05) is 48.5 Å². The van der Waals surface area contributed by atoms with Crippen molar-refractivity contribution in [1.82, 2.24) is 10.2 Å². The number of nitrogens with one attached hydrogen (secondary N) is 1. The average Bonchev–Trinajstić information content (AvgIpc) is 3.51. The van der Waals surface area contributed by atoms with Crippen LogP contribution in [0.4, 0.5) is 0 Å². The van der Waals surface area contributed by atoms with Gasteiger partial charge in [0.2, 0.25) is 5.91 Å². The largest absolute Gasteiger partial charge is 0.486 e. The van der Waals surface area contributed by atoms with E-state index in [1.807, 2.05) is 30.3 Å². The van der Waals surface area contributed by atoms with Gasteiger partial charge in [0, 0.05) is 6.54 Å². The molecule has 0 unspecified atom stereocenters. The van der Waals surface area contributed by atoms with Crippen molar-refractivity contribution in [1.29, 1.82) is 0 Å². The molecule has 3 aliphatic rings. The molecule has 1 aliphatic carbocycles. The van der Waals surface area contributed by atoms with Crippen molar-refractivity contribution in [3.63, 3.8) is 0 Å². The van der Waals surface area contributed by atoms with Crippen LogP contribution in [0, 0.1) is 5.41 Å². The van der Waals surface area contributed by atoms with E-state index in [-0.39, 0.29) is 5.91 Å². The molecule has 1 saturated carbocycles. The Hall–Kier alpha value is -3.09. The van der Waals surface area contributed by atoms with Crippen LogP contribution < -0.4 is 14.8 Å². The summed E-state index contributed by atoms with van der Waals surface area (Å²) in [5.74, 6) is 1.40. The Morgan fingerprint density at radius 2 is 1.69 bits per heavy atom. The van der Waals surface area contributed by atoms with Crippen LogP contribution in [0.1, 0.15) is 42.9 Å². The molecule has 36 heavy (non-hydrogen) atoms. The minimum atomic E-state index is -0.832. The first-order chi connectivity index (χ1) is 17.6. The molecule has 2 heterocycles. The maximum Gasteiger partial charge on any atom is 0.226 e. The van der Waals surface area contributed by atoms with E-state index in [9.17, 15) is 9.90 Å². The number of likely N-dealkylation sites (tertiary alicyclic amines) is 1. The standard InChI is InChI=1S/C30H34N2O4/c33-28(24-9-10-26-27(18-24)36-16-15-35-26)25(20-32-13-3-4-14-32)31-29(34)30(11-12-30)19-21-7-8-22-5-1-2-6-23(22)17-21/h1-2,5-10,17-18,25,28,33H,3-4,11-16,19-20H2,(H,31,34)/t25-,28-/m1/s1. The lowest BCUT2D eigenvalue weighted by Gasteiger charge is -2.31. The molecule has 1 saturated heterocycles. The smallest absolute Gasteiger partial charge is 0.226 e. The zero-order valence-electron chi connectivity index (χ0n) is 20.6. The monoisotopic (exact) mass is 486 g/mol. The van der Waals surface area contributed by atoms with Crippen LogP contribution in [0.2, 0.25) is 0 Å². The summed E-state index contributed by atoms with van der Waals surface area (Å²) in [6.45, 7) is 3.66. The molecule has 0 aromatic heterocycles. The van der Waals surface area contributed by atoms with Gasteiger partial charge in [0.1, 0.15) is 19.3 Å². The number of rotatable bonds is 8. The van der Waals surface area contributed by atoms with E-state index in [4.69, 9.17) is 9.47 Å². The van der Waals surface area contributed by atoms with E-state index in [1.165, 1.54) is 16.3 Å². The SMILES string of the molecule is O=C(N[C@H](CN1CCCC1)[C@H](O)c1ccc2c(c1)OCCO2)C1(Cc2ccc3ccccc3c2)CC1. The molecule has 6 rings (SSSR count). The molecule has 0 bridgehead atoms. The topological polar surface area (TPSA) is 71.0 Å². The lowest BCUT2D eigenvalue weighted by Crippen LogP contribution is -2.49. The minimum Gasteiger partial charge on any atom is -0.486 e. The molecule has 1 amide bonds. The first-order valence-electron chi connectivity index (χ1n) is 13.2. The maximum absolute atomic E-state index is 13.7. The number of aliphatic hydroxyl groups is 1. The Kier molecular flexibility index (Phi) is 6.32. The molecular weight excluding hydrogens is 452 g/mol. The number of hydrogen-bond donors (Lipinski definition) is 2. The van der Waals surface area contributed by atoms with Crippen LogP contribution in [-0.2, 0) is 11.2 Å². The summed E-state index contributed by atoms with van der Waals surface area (Å²) in [5.41, 5.74) is 1.53. The molecule has 3 aromatic rings. The van der Waals surface area contributed by atoms with Gasteiger partial charge in [0.15, 0.2) is 11.5 Å². The quantitative estimate of drug-likeness (QED) is 0.498. The predicted molar refractivity (Wildman–Crippen MR) is 139 cm³/mol. The molecule has 2 aliphatic heterocycles. The Morgan fingerprint density at radius 3 is 2.47 bits per heavy atom. The third-order valence-electron chi connectivity index (χ3n) is 7.95. The Morgan fingerprint density at radius 1 is 0.944 bits per heavy atom. The zero-order valence-corrected chi connectivity index (χ0v) is 20.6. The van der Waals surface area contributed by atoms with Gasteiger partial charge < -0.3 is 24.8 Å².